The third-order valence-corrected chi connectivity index (χ3v) is 5.48. The van der Waals surface area contributed by atoms with E-state index in [0.717, 1.165) is 18.4 Å². The van der Waals surface area contributed by atoms with Crippen molar-refractivity contribution in [3.8, 4) is 0 Å². The molecule has 1 aromatic carbocycles. The Morgan fingerprint density at radius 3 is 2.63 bits per heavy atom. The van der Waals surface area contributed by atoms with Gasteiger partial charge >= 0.3 is 0 Å². The minimum Gasteiger partial charge on any atom is -0.399 e. The molecule has 1 saturated carbocycles. The Morgan fingerprint density at radius 2 is 2.05 bits per heavy atom. The molecule has 0 radical (unpaired) electrons. The molecule has 0 aromatic heterocycles. The van der Waals surface area contributed by atoms with Gasteiger partial charge in [0.2, 0.25) is 10.0 Å². The molecule has 106 valence electrons. The number of nitrogens with one attached hydrogen (secondary N) is 1. The van der Waals surface area contributed by atoms with Gasteiger partial charge in [0.1, 0.15) is 0 Å². The van der Waals surface area contributed by atoms with Gasteiger partial charge in [-0.2, -0.15) is 0 Å². The molecule has 1 aromatic rings. The molecule has 0 saturated heterocycles. The van der Waals surface area contributed by atoms with E-state index in [4.69, 9.17) is 5.73 Å². The third kappa shape index (κ3) is 3.70. The quantitative estimate of drug-likeness (QED) is 0.831. The zero-order valence-electron chi connectivity index (χ0n) is 11.5. The molecule has 3 unspecified atom stereocenters. The molecule has 1 aliphatic carbocycles. The number of benzene rings is 1. The minimum atomic E-state index is -3.30. The summed E-state index contributed by atoms with van der Waals surface area (Å²) in [6, 6.07) is 7.10. The predicted molar refractivity (Wildman–Crippen MR) is 78.0 cm³/mol. The number of anilines is 1. The molecule has 1 fully saturated rings. The largest absolute Gasteiger partial charge is 0.399 e. The van der Waals surface area contributed by atoms with Crippen LogP contribution in [0.25, 0.3) is 0 Å². The van der Waals surface area contributed by atoms with E-state index in [0.29, 0.717) is 17.5 Å². The van der Waals surface area contributed by atoms with Gasteiger partial charge in [0.15, 0.2) is 0 Å². The van der Waals surface area contributed by atoms with Crippen LogP contribution < -0.4 is 10.5 Å². The van der Waals surface area contributed by atoms with Crippen LogP contribution in [0.3, 0.4) is 0 Å². The zero-order valence-corrected chi connectivity index (χ0v) is 12.3. The summed E-state index contributed by atoms with van der Waals surface area (Å²) in [4.78, 5) is 0. The lowest BCUT2D eigenvalue weighted by atomic mass is 9.98. The van der Waals surface area contributed by atoms with E-state index in [-0.39, 0.29) is 11.8 Å². The van der Waals surface area contributed by atoms with E-state index < -0.39 is 10.0 Å². The van der Waals surface area contributed by atoms with Crippen LogP contribution in [-0.2, 0) is 15.8 Å². The summed E-state index contributed by atoms with van der Waals surface area (Å²) in [5.74, 6) is 0.978. The Bertz CT molecular complexity index is 542. The molecule has 0 bridgehead atoms. The molecule has 0 aliphatic heterocycles. The van der Waals surface area contributed by atoms with Gasteiger partial charge in [-0.15, -0.1) is 0 Å². The summed E-state index contributed by atoms with van der Waals surface area (Å²) in [6.07, 6.45) is 2.02. The van der Waals surface area contributed by atoms with Crippen LogP contribution in [0.4, 0.5) is 5.69 Å². The number of nitrogens with two attached hydrogens (primary N) is 1. The summed E-state index contributed by atoms with van der Waals surface area (Å²) in [7, 11) is -3.30. The highest BCUT2D eigenvalue weighted by Crippen LogP contribution is 2.31. The van der Waals surface area contributed by atoms with Gasteiger partial charge in [0, 0.05) is 11.7 Å². The number of hydrogen-bond acceptors (Lipinski definition) is 3. The second kappa shape index (κ2) is 5.51. The van der Waals surface area contributed by atoms with E-state index in [1.54, 1.807) is 24.3 Å². The van der Waals surface area contributed by atoms with E-state index in [9.17, 15) is 8.42 Å². The van der Waals surface area contributed by atoms with Crippen molar-refractivity contribution in [1.29, 1.82) is 0 Å². The second-order valence-corrected chi connectivity index (χ2v) is 7.40. The summed E-state index contributed by atoms with van der Waals surface area (Å²) >= 11 is 0. The predicted octanol–water partition coefficient (Wildman–Crippen LogP) is 2.12. The Labute approximate surface area is 115 Å². The average molecular weight is 282 g/mol. The fourth-order valence-corrected chi connectivity index (χ4v) is 4.20. The van der Waals surface area contributed by atoms with Crippen LogP contribution in [0.2, 0.25) is 0 Å². The molecule has 19 heavy (non-hydrogen) atoms. The summed E-state index contributed by atoms with van der Waals surface area (Å²) < 4.78 is 27.2. The van der Waals surface area contributed by atoms with Crippen LogP contribution in [0.15, 0.2) is 24.3 Å². The number of hydrogen-bond donors (Lipinski definition) is 2. The Kier molecular flexibility index (Phi) is 4.16. The number of nitrogen functional groups attached to an aromatic ring is 1. The van der Waals surface area contributed by atoms with E-state index >= 15 is 0 Å². The maximum absolute atomic E-state index is 12.2. The van der Waals surface area contributed by atoms with Crippen molar-refractivity contribution in [3.05, 3.63) is 29.8 Å². The lowest BCUT2D eigenvalue weighted by molar-refractivity contribution is 0.402. The second-order valence-electron chi connectivity index (χ2n) is 5.64. The molecule has 3 atom stereocenters. The maximum atomic E-state index is 12.2. The molecule has 0 heterocycles. The van der Waals surface area contributed by atoms with Crippen molar-refractivity contribution >= 4 is 15.7 Å². The van der Waals surface area contributed by atoms with Crippen molar-refractivity contribution in [3.63, 3.8) is 0 Å². The zero-order chi connectivity index (χ0) is 14.0. The Hall–Kier alpha value is -1.07. The summed E-state index contributed by atoms with van der Waals surface area (Å²) in [5, 5.41) is 0. The molecule has 1 aliphatic rings. The lowest BCUT2D eigenvalue weighted by Crippen LogP contribution is -2.38. The smallest absolute Gasteiger partial charge is 0.216 e. The average Bonchev–Trinajstić information content (AvgIpc) is 2.60. The first kappa shape index (κ1) is 14.3. The van der Waals surface area contributed by atoms with Crippen LogP contribution in [0.1, 0.15) is 32.3 Å². The lowest BCUT2D eigenvalue weighted by Gasteiger charge is -2.19. The molecular weight excluding hydrogens is 260 g/mol. The Morgan fingerprint density at radius 1 is 1.32 bits per heavy atom. The van der Waals surface area contributed by atoms with Gasteiger partial charge in [0.25, 0.3) is 0 Å². The van der Waals surface area contributed by atoms with Gasteiger partial charge in [-0.1, -0.05) is 26.0 Å². The fourth-order valence-electron chi connectivity index (χ4n) is 2.71. The molecule has 0 amide bonds. The van der Waals surface area contributed by atoms with E-state index in [1.165, 1.54) is 0 Å². The van der Waals surface area contributed by atoms with Gasteiger partial charge < -0.3 is 5.73 Å². The topological polar surface area (TPSA) is 72.2 Å². The molecule has 5 heteroatoms. The minimum absolute atomic E-state index is 0.00432. The SMILES string of the molecule is CC1CCC(NS(=O)(=O)Cc2cccc(N)c2)C1C. The first-order chi connectivity index (χ1) is 8.87. The first-order valence-corrected chi connectivity index (χ1v) is 8.37. The Balaban J connectivity index is 2.03. The van der Waals surface area contributed by atoms with Crippen molar-refractivity contribution in [1.82, 2.24) is 4.72 Å². The van der Waals surface area contributed by atoms with Crippen LogP contribution in [-0.4, -0.2) is 14.5 Å². The van der Waals surface area contributed by atoms with Crippen LogP contribution in [0, 0.1) is 11.8 Å². The van der Waals surface area contributed by atoms with E-state index in [1.807, 2.05) is 0 Å². The third-order valence-electron chi connectivity index (χ3n) is 4.10. The van der Waals surface area contributed by atoms with Gasteiger partial charge in [-0.3, -0.25) is 0 Å². The van der Waals surface area contributed by atoms with Crippen LogP contribution in [0.5, 0.6) is 0 Å². The normalized spacial score (nSPS) is 27.6. The van der Waals surface area contributed by atoms with Gasteiger partial charge in [-0.05, 0) is 42.4 Å². The van der Waals surface area contributed by atoms with Crippen LogP contribution >= 0.6 is 0 Å². The summed E-state index contributed by atoms with van der Waals surface area (Å²) in [6.45, 7) is 4.29. The highest BCUT2D eigenvalue weighted by Gasteiger charge is 2.32. The molecule has 4 nitrogen and oxygen atoms in total. The van der Waals surface area contributed by atoms with Gasteiger partial charge in [-0.25, -0.2) is 13.1 Å². The van der Waals surface area contributed by atoms with Gasteiger partial charge in [0.05, 0.1) is 5.75 Å². The highest BCUT2D eigenvalue weighted by molar-refractivity contribution is 7.88. The molecule has 3 N–H and O–H groups in total. The molecule has 2 rings (SSSR count). The first-order valence-electron chi connectivity index (χ1n) is 6.72. The maximum Gasteiger partial charge on any atom is 0.216 e. The monoisotopic (exact) mass is 282 g/mol. The number of rotatable bonds is 4. The van der Waals surface area contributed by atoms with Crippen molar-refractivity contribution < 1.29 is 8.42 Å². The molecule has 0 spiro atoms. The van der Waals surface area contributed by atoms with Crippen molar-refractivity contribution in [2.45, 2.75) is 38.5 Å². The fraction of sp³-hybridized carbons (Fsp3) is 0.571. The highest BCUT2D eigenvalue weighted by atomic mass is 32.2. The van der Waals surface area contributed by atoms with Crippen molar-refractivity contribution in [2.24, 2.45) is 11.8 Å². The summed E-state index contributed by atoms with van der Waals surface area (Å²) in [5.41, 5.74) is 6.99. The number of sulfonamides is 1. The van der Waals surface area contributed by atoms with E-state index in [2.05, 4.69) is 18.6 Å². The molecular formula is C14H22N2O2S. The van der Waals surface area contributed by atoms with Crippen molar-refractivity contribution in [2.75, 3.05) is 5.73 Å². The standard InChI is InChI=1S/C14H22N2O2S/c1-10-6-7-14(11(10)2)16-19(17,18)9-12-4-3-5-13(15)8-12/h3-5,8,10-11,14,16H,6-7,9,15H2,1-2H3.